The lowest BCUT2D eigenvalue weighted by atomic mass is 10.0. The minimum absolute atomic E-state index is 0.0903. The van der Waals surface area contributed by atoms with Gasteiger partial charge in [0.1, 0.15) is 0 Å². The molecule has 0 heterocycles. The molecule has 0 aromatic heterocycles. The molecule has 2 rings (SSSR count). The zero-order chi connectivity index (χ0) is 18.4. The molecule has 132 valence electrons. The first-order valence-corrected chi connectivity index (χ1v) is 8.51. The van der Waals surface area contributed by atoms with Gasteiger partial charge in [0.05, 0.1) is 11.6 Å². The van der Waals surface area contributed by atoms with E-state index >= 15 is 0 Å². The number of nitrogens with one attached hydrogen (secondary N) is 1. The summed E-state index contributed by atoms with van der Waals surface area (Å²) in [5, 5.41) is 2.92. The van der Waals surface area contributed by atoms with Crippen LogP contribution in [-0.4, -0.2) is 18.5 Å². The van der Waals surface area contributed by atoms with Crippen molar-refractivity contribution < 1.29 is 14.3 Å². The van der Waals surface area contributed by atoms with Crippen LogP contribution in [0.4, 0.5) is 0 Å². The second-order valence-corrected chi connectivity index (χ2v) is 6.26. The molecule has 0 saturated heterocycles. The molecule has 0 radical (unpaired) electrons. The van der Waals surface area contributed by atoms with Crippen molar-refractivity contribution in [3.05, 3.63) is 70.3 Å². The summed E-state index contributed by atoms with van der Waals surface area (Å²) in [6.07, 6.45) is 0.764. The Morgan fingerprint density at radius 2 is 1.72 bits per heavy atom. The Labute approximate surface area is 149 Å². The summed E-state index contributed by atoms with van der Waals surface area (Å²) in [6, 6.07) is 13.4. The lowest BCUT2D eigenvalue weighted by Gasteiger charge is -2.18. The molecule has 2 aromatic carbocycles. The van der Waals surface area contributed by atoms with Crippen LogP contribution in [0.2, 0.25) is 0 Å². The Kier molecular flexibility index (Phi) is 6.34. The van der Waals surface area contributed by atoms with E-state index in [2.05, 4.69) is 5.32 Å². The van der Waals surface area contributed by atoms with Gasteiger partial charge in [0.15, 0.2) is 6.61 Å². The van der Waals surface area contributed by atoms with Gasteiger partial charge in [-0.15, -0.1) is 0 Å². The molecule has 0 aliphatic heterocycles. The highest BCUT2D eigenvalue weighted by Crippen LogP contribution is 2.17. The third-order valence-electron chi connectivity index (χ3n) is 4.38. The van der Waals surface area contributed by atoms with Gasteiger partial charge in [-0.3, -0.25) is 4.79 Å². The van der Waals surface area contributed by atoms with E-state index in [4.69, 9.17) is 4.74 Å². The normalized spacial score (nSPS) is 11.7. The SMILES string of the molecule is CC[C@@H](NC(=O)COC(=O)c1cccc(C)c1C)c1ccc(C)cc1. The summed E-state index contributed by atoms with van der Waals surface area (Å²) in [5.74, 6) is -0.772. The highest BCUT2D eigenvalue weighted by molar-refractivity contribution is 5.93. The van der Waals surface area contributed by atoms with Crippen LogP contribution < -0.4 is 5.32 Å². The van der Waals surface area contributed by atoms with Crippen molar-refractivity contribution in [2.75, 3.05) is 6.61 Å². The topological polar surface area (TPSA) is 55.4 Å². The van der Waals surface area contributed by atoms with Gasteiger partial charge in [-0.2, -0.15) is 0 Å². The van der Waals surface area contributed by atoms with Crippen molar-refractivity contribution in [3.8, 4) is 0 Å². The Morgan fingerprint density at radius 3 is 2.36 bits per heavy atom. The van der Waals surface area contributed by atoms with Crippen molar-refractivity contribution in [3.63, 3.8) is 0 Å². The van der Waals surface area contributed by atoms with Crippen molar-refractivity contribution >= 4 is 11.9 Å². The number of hydrogen-bond acceptors (Lipinski definition) is 3. The summed E-state index contributed by atoms with van der Waals surface area (Å²) in [5.41, 5.74) is 4.61. The van der Waals surface area contributed by atoms with E-state index in [1.165, 1.54) is 5.56 Å². The summed E-state index contributed by atoms with van der Waals surface area (Å²) < 4.78 is 5.18. The van der Waals surface area contributed by atoms with Crippen LogP contribution in [0.5, 0.6) is 0 Å². The molecule has 1 amide bonds. The van der Waals surface area contributed by atoms with E-state index in [-0.39, 0.29) is 18.6 Å². The van der Waals surface area contributed by atoms with Gasteiger partial charge >= 0.3 is 5.97 Å². The maximum absolute atomic E-state index is 12.2. The van der Waals surface area contributed by atoms with Gasteiger partial charge in [0, 0.05) is 0 Å². The Balaban J connectivity index is 1.94. The van der Waals surface area contributed by atoms with E-state index in [1.54, 1.807) is 6.07 Å². The van der Waals surface area contributed by atoms with Crippen LogP contribution in [0.25, 0.3) is 0 Å². The monoisotopic (exact) mass is 339 g/mol. The van der Waals surface area contributed by atoms with Gasteiger partial charge in [0.2, 0.25) is 0 Å². The summed E-state index contributed by atoms with van der Waals surface area (Å²) in [7, 11) is 0. The van der Waals surface area contributed by atoms with Gasteiger partial charge < -0.3 is 10.1 Å². The molecular weight excluding hydrogens is 314 g/mol. The maximum Gasteiger partial charge on any atom is 0.338 e. The second-order valence-electron chi connectivity index (χ2n) is 6.26. The first-order chi connectivity index (χ1) is 11.9. The number of carbonyl (C=O) groups excluding carboxylic acids is 2. The number of rotatable bonds is 6. The largest absolute Gasteiger partial charge is 0.452 e. The Bertz CT molecular complexity index is 750. The van der Waals surface area contributed by atoms with Crippen LogP contribution in [-0.2, 0) is 9.53 Å². The molecule has 0 bridgehead atoms. The molecular formula is C21H25NO3. The second kappa shape index (κ2) is 8.47. The predicted molar refractivity (Wildman–Crippen MR) is 98.6 cm³/mol. The van der Waals surface area contributed by atoms with Gasteiger partial charge in [-0.05, 0) is 49.9 Å². The molecule has 1 N–H and O–H groups in total. The predicted octanol–water partition coefficient (Wildman–Crippen LogP) is 4.04. The van der Waals surface area contributed by atoms with Crippen LogP contribution in [0.15, 0.2) is 42.5 Å². The van der Waals surface area contributed by atoms with E-state index in [0.29, 0.717) is 5.56 Å². The van der Waals surface area contributed by atoms with Gasteiger partial charge in [-0.25, -0.2) is 4.79 Å². The lowest BCUT2D eigenvalue weighted by Crippen LogP contribution is -2.32. The molecule has 1 atom stereocenters. The van der Waals surface area contributed by atoms with Gasteiger partial charge in [0.25, 0.3) is 5.91 Å². The number of ether oxygens (including phenoxy) is 1. The summed E-state index contributed by atoms with van der Waals surface area (Å²) in [6.45, 7) is 7.56. The average Bonchev–Trinajstić information content (AvgIpc) is 2.61. The zero-order valence-corrected chi connectivity index (χ0v) is 15.3. The fourth-order valence-electron chi connectivity index (χ4n) is 2.64. The van der Waals surface area contributed by atoms with Crippen LogP contribution in [0.1, 0.15) is 52.0 Å². The van der Waals surface area contributed by atoms with E-state index in [1.807, 2.05) is 64.1 Å². The molecule has 2 aromatic rings. The zero-order valence-electron chi connectivity index (χ0n) is 15.3. The Morgan fingerprint density at radius 1 is 1.04 bits per heavy atom. The van der Waals surface area contributed by atoms with Crippen molar-refractivity contribution in [1.29, 1.82) is 0 Å². The maximum atomic E-state index is 12.2. The average molecular weight is 339 g/mol. The third-order valence-corrected chi connectivity index (χ3v) is 4.38. The van der Waals surface area contributed by atoms with Crippen LogP contribution in [0.3, 0.4) is 0 Å². The summed E-state index contributed by atoms with van der Waals surface area (Å²) >= 11 is 0. The minimum atomic E-state index is -0.472. The quantitative estimate of drug-likeness (QED) is 0.808. The molecule has 4 nitrogen and oxygen atoms in total. The van der Waals surface area contributed by atoms with E-state index < -0.39 is 5.97 Å². The standard InChI is InChI=1S/C21H25NO3/c1-5-19(17-11-9-14(2)10-12-17)22-20(23)13-25-21(24)18-8-6-7-15(3)16(18)4/h6-12,19H,5,13H2,1-4H3,(H,22,23)/t19-/m1/s1. The Hall–Kier alpha value is -2.62. The number of hydrogen-bond donors (Lipinski definition) is 1. The third kappa shape index (κ3) is 4.92. The van der Waals surface area contributed by atoms with Crippen LogP contribution >= 0.6 is 0 Å². The smallest absolute Gasteiger partial charge is 0.338 e. The number of benzene rings is 2. The van der Waals surface area contributed by atoms with Gasteiger partial charge in [-0.1, -0.05) is 48.9 Å². The number of amides is 1. The van der Waals surface area contributed by atoms with Crippen molar-refractivity contribution in [2.45, 2.75) is 40.2 Å². The number of carbonyl (C=O) groups is 2. The molecule has 0 aliphatic carbocycles. The van der Waals surface area contributed by atoms with E-state index in [0.717, 1.165) is 23.1 Å². The summed E-state index contributed by atoms with van der Waals surface area (Å²) in [4.78, 5) is 24.3. The van der Waals surface area contributed by atoms with Crippen molar-refractivity contribution in [1.82, 2.24) is 5.32 Å². The highest BCUT2D eigenvalue weighted by atomic mass is 16.5. The molecule has 0 aliphatic rings. The van der Waals surface area contributed by atoms with Crippen molar-refractivity contribution in [2.24, 2.45) is 0 Å². The minimum Gasteiger partial charge on any atom is -0.452 e. The fraction of sp³-hybridized carbons (Fsp3) is 0.333. The molecule has 0 spiro atoms. The fourth-order valence-corrected chi connectivity index (χ4v) is 2.64. The number of esters is 1. The molecule has 0 unspecified atom stereocenters. The first kappa shape index (κ1) is 18.7. The molecule has 0 saturated carbocycles. The first-order valence-electron chi connectivity index (χ1n) is 8.51. The molecule has 25 heavy (non-hydrogen) atoms. The van der Waals surface area contributed by atoms with E-state index in [9.17, 15) is 9.59 Å². The molecule has 4 heteroatoms. The lowest BCUT2D eigenvalue weighted by molar-refractivity contribution is -0.125. The number of aryl methyl sites for hydroxylation is 2. The highest BCUT2D eigenvalue weighted by Gasteiger charge is 2.16. The van der Waals surface area contributed by atoms with Crippen LogP contribution in [0, 0.1) is 20.8 Å². The molecule has 0 fully saturated rings.